The Balaban J connectivity index is 2.67. The number of hydrogen-bond donors (Lipinski definition) is 0. The summed E-state index contributed by atoms with van der Waals surface area (Å²) >= 11 is 12.1. The fraction of sp³-hybridized carbons (Fsp3) is 0.273. The second kappa shape index (κ2) is 5.04. The number of aromatic nitrogens is 3. The maximum Gasteiger partial charge on any atom is 0.229 e. The number of nitrogens with zero attached hydrogens (tertiary/aromatic N) is 3. The van der Waals surface area contributed by atoms with Crippen molar-refractivity contribution in [3.8, 4) is 17.2 Å². The first-order chi connectivity index (χ1) is 8.58. The molecule has 0 amide bonds. The molecule has 0 radical (unpaired) electrons. The average Bonchev–Trinajstić information content (AvgIpc) is 2.68. The minimum atomic E-state index is 0.243. The fourth-order valence-electron chi connectivity index (χ4n) is 1.63. The highest BCUT2D eigenvalue weighted by Gasteiger charge is 2.16. The third-order valence-electron chi connectivity index (χ3n) is 2.48. The van der Waals surface area contributed by atoms with Crippen molar-refractivity contribution in [2.75, 3.05) is 14.2 Å². The third-order valence-corrected chi connectivity index (χ3v) is 3.02. The number of benzene rings is 1. The first-order valence-electron chi connectivity index (χ1n) is 5.08. The van der Waals surface area contributed by atoms with Crippen LogP contribution in [0.25, 0.3) is 5.69 Å². The van der Waals surface area contributed by atoms with Crippen LogP contribution in [0.15, 0.2) is 12.1 Å². The zero-order valence-electron chi connectivity index (χ0n) is 10.1. The molecule has 2 aromatic rings. The van der Waals surface area contributed by atoms with Crippen molar-refractivity contribution in [3.63, 3.8) is 0 Å². The molecule has 2 rings (SSSR count). The van der Waals surface area contributed by atoms with E-state index in [9.17, 15) is 0 Å². The molecule has 5 nitrogen and oxygen atoms in total. The lowest BCUT2D eigenvalue weighted by molar-refractivity contribution is 0.393. The van der Waals surface area contributed by atoms with Gasteiger partial charge in [0.2, 0.25) is 5.28 Å². The summed E-state index contributed by atoms with van der Waals surface area (Å²) < 4.78 is 12.1. The van der Waals surface area contributed by atoms with Crippen molar-refractivity contribution in [1.29, 1.82) is 0 Å². The van der Waals surface area contributed by atoms with Gasteiger partial charge in [0.15, 0.2) is 0 Å². The van der Waals surface area contributed by atoms with Crippen LogP contribution in [0.3, 0.4) is 0 Å². The van der Waals surface area contributed by atoms with Gasteiger partial charge in [-0.3, -0.25) is 4.57 Å². The van der Waals surface area contributed by atoms with Crippen LogP contribution in [0.5, 0.6) is 11.5 Å². The molecule has 0 aliphatic rings. The van der Waals surface area contributed by atoms with E-state index in [1.165, 1.54) is 7.11 Å². The van der Waals surface area contributed by atoms with Crippen LogP contribution >= 0.6 is 23.2 Å². The average molecular weight is 288 g/mol. The van der Waals surface area contributed by atoms with Crippen molar-refractivity contribution in [1.82, 2.24) is 14.8 Å². The Morgan fingerprint density at radius 2 is 1.72 bits per heavy atom. The number of aryl methyl sites for hydroxylation is 1. The number of halogens is 2. The minimum absolute atomic E-state index is 0.243. The molecule has 0 aliphatic carbocycles. The van der Waals surface area contributed by atoms with Gasteiger partial charge in [-0.2, -0.15) is 0 Å². The second-order valence-electron chi connectivity index (χ2n) is 3.51. The SMILES string of the molecule is COc1cc(OC)c(-n2c(C)nnc2Cl)cc1Cl. The van der Waals surface area contributed by atoms with Crippen LogP contribution in [0, 0.1) is 6.92 Å². The second-order valence-corrected chi connectivity index (χ2v) is 4.26. The molecule has 0 bridgehead atoms. The Morgan fingerprint density at radius 3 is 2.22 bits per heavy atom. The van der Waals surface area contributed by atoms with Gasteiger partial charge in [-0.15, -0.1) is 10.2 Å². The Bertz CT molecular complexity index is 564. The quantitative estimate of drug-likeness (QED) is 0.871. The summed E-state index contributed by atoms with van der Waals surface area (Å²) in [4.78, 5) is 0. The van der Waals surface area contributed by atoms with Gasteiger partial charge in [0, 0.05) is 6.07 Å². The van der Waals surface area contributed by atoms with Crippen molar-refractivity contribution >= 4 is 23.2 Å². The van der Waals surface area contributed by atoms with Crippen molar-refractivity contribution < 1.29 is 9.47 Å². The van der Waals surface area contributed by atoms with Gasteiger partial charge < -0.3 is 9.47 Å². The maximum absolute atomic E-state index is 6.10. The smallest absolute Gasteiger partial charge is 0.229 e. The molecule has 0 unspecified atom stereocenters. The van der Waals surface area contributed by atoms with E-state index in [0.29, 0.717) is 28.0 Å². The molecule has 0 N–H and O–H groups in total. The molecule has 0 saturated heterocycles. The van der Waals surface area contributed by atoms with Crippen LogP contribution in [-0.4, -0.2) is 29.0 Å². The minimum Gasteiger partial charge on any atom is -0.495 e. The molecule has 0 atom stereocenters. The molecule has 0 spiro atoms. The fourth-order valence-corrected chi connectivity index (χ4v) is 2.12. The largest absolute Gasteiger partial charge is 0.495 e. The lowest BCUT2D eigenvalue weighted by atomic mass is 10.2. The predicted molar refractivity (Wildman–Crippen MR) is 69.2 cm³/mol. The zero-order chi connectivity index (χ0) is 13.3. The first-order valence-corrected chi connectivity index (χ1v) is 5.83. The highest BCUT2D eigenvalue weighted by atomic mass is 35.5. The monoisotopic (exact) mass is 287 g/mol. The van der Waals surface area contributed by atoms with Crippen molar-refractivity contribution in [2.45, 2.75) is 6.92 Å². The highest BCUT2D eigenvalue weighted by Crippen LogP contribution is 2.36. The van der Waals surface area contributed by atoms with Crippen LogP contribution in [-0.2, 0) is 0 Å². The zero-order valence-corrected chi connectivity index (χ0v) is 11.6. The van der Waals surface area contributed by atoms with E-state index in [1.807, 2.05) is 0 Å². The Labute approximate surface area is 114 Å². The van der Waals surface area contributed by atoms with Gasteiger partial charge in [-0.05, 0) is 24.6 Å². The van der Waals surface area contributed by atoms with E-state index in [0.717, 1.165) is 0 Å². The third kappa shape index (κ3) is 2.11. The lowest BCUT2D eigenvalue weighted by Gasteiger charge is -2.13. The summed E-state index contributed by atoms with van der Waals surface area (Å²) in [5, 5.41) is 8.38. The van der Waals surface area contributed by atoms with Gasteiger partial charge in [0.1, 0.15) is 17.3 Å². The van der Waals surface area contributed by atoms with Crippen LogP contribution in [0.2, 0.25) is 10.3 Å². The Hall–Kier alpha value is -1.46. The first kappa shape index (κ1) is 13.0. The van der Waals surface area contributed by atoms with E-state index in [-0.39, 0.29) is 5.28 Å². The van der Waals surface area contributed by atoms with Gasteiger partial charge in [-0.1, -0.05) is 11.6 Å². The number of rotatable bonds is 3. The molecule has 1 heterocycles. The van der Waals surface area contributed by atoms with E-state index < -0.39 is 0 Å². The molecule has 1 aromatic heterocycles. The molecular formula is C11H11Cl2N3O2. The summed E-state index contributed by atoms with van der Waals surface area (Å²) in [5.41, 5.74) is 0.663. The summed E-state index contributed by atoms with van der Waals surface area (Å²) in [6.45, 7) is 1.79. The topological polar surface area (TPSA) is 49.2 Å². The Kier molecular flexibility index (Phi) is 3.63. The maximum atomic E-state index is 6.10. The number of methoxy groups -OCH3 is 2. The van der Waals surface area contributed by atoms with Gasteiger partial charge >= 0.3 is 0 Å². The van der Waals surface area contributed by atoms with Crippen molar-refractivity contribution in [2.24, 2.45) is 0 Å². The standard InChI is InChI=1S/C11H11Cl2N3O2/c1-6-14-15-11(13)16(6)8-4-7(12)9(17-2)5-10(8)18-3/h4-5H,1-3H3. The van der Waals surface area contributed by atoms with Crippen LogP contribution < -0.4 is 9.47 Å². The van der Waals surface area contributed by atoms with E-state index in [1.54, 1.807) is 30.7 Å². The van der Waals surface area contributed by atoms with Crippen LogP contribution in [0.1, 0.15) is 5.82 Å². The molecule has 18 heavy (non-hydrogen) atoms. The van der Waals surface area contributed by atoms with Gasteiger partial charge in [0.05, 0.1) is 24.9 Å². The van der Waals surface area contributed by atoms with E-state index >= 15 is 0 Å². The lowest BCUT2D eigenvalue weighted by Crippen LogP contribution is -2.01. The molecule has 0 saturated carbocycles. The molecule has 0 aliphatic heterocycles. The summed E-state index contributed by atoms with van der Waals surface area (Å²) in [6.07, 6.45) is 0. The van der Waals surface area contributed by atoms with Gasteiger partial charge in [-0.25, -0.2) is 0 Å². The van der Waals surface area contributed by atoms with Crippen LogP contribution in [0.4, 0.5) is 0 Å². The van der Waals surface area contributed by atoms with Crippen molar-refractivity contribution in [3.05, 3.63) is 28.3 Å². The normalized spacial score (nSPS) is 10.5. The molecule has 0 fully saturated rings. The van der Waals surface area contributed by atoms with Gasteiger partial charge in [0.25, 0.3) is 0 Å². The molecular weight excluding hydrogens is 277 g/mol. The number of hydrogen-bond acceptors (Lipinski definition) is 4. The molecule has 7 heteroatoms. The van der Waals surface area contributed by atoms with E-state index in [2.05, 4.69) is 10.2 Å². The van der Waals surface area contributed by atoms with E-state index in [4.69, 9.17) is 32.7 Å². The summed E-state index contributed by atoms with van der Waals surface area (Å²) in [5.74, 6) is 1.74. The number of ether oxygens (including phenoxy) is 2. The Morgan fingerprint density at radius 1 is 1.06 bits per heavy atom. The molecule has 1 aromatic carbocycles. The highest BCUT2D eigenvalue weighted by molar-refractivity contribution is 6.32. The molecule has 96 valence electrons. The predicted octanol–water partition coefficient (Wildman–Crippen LogP) is 2.90. The summed E-state index contributed by atoms with van der Waals surface area (Å²) in [6, 6.07) is 3.38. The summed E-state index contributed by atoms with van der Waals surface area (Å²) in [7, 11) is 3.09.